The number of carbonyl (C=O) groups excluding carboxylic acids is 1. The van der Waals surface area contributed by atoms with E-state index in [1.165, 1.54) is 5.56 Å². The zero-order valence-corrected chi connectivity index (χ0v) is 15.3. The summed E-state index contributed by atoms with van der Waals surface area (Å²) in [6.07, 6.45) is 1.92. The normalized spacial score (nSPS) is 10.7. The summed E-state index contributed by atoms with van der Waals surface area (Å²) in [5, 5.41) is 4.03. The fraction of sp³-hybridized carbons (Fsp3) is 0.130. The maximum atomic E-state index is 12.0. The van der Waals surface area contributed by atoms with Gasteiger partial charge in [0.05, 0.1) is 12.6 Å². The van der Waals surface area contributed by atoms with Gasteiger partial charge < -0.3 is 4.74 Å². The first-order chi connectivity index (χ1) is 13.2. The van der Waals surface area contributed by atoms with Crippen LogP contribution >= 0.6 is 0 Å². The summed E-state index contributed by atoms with van der Waals surface area (Å²) in [5.74, 6) is 0.611. The van der Waals surface area contributed by atoms with Gasteiger partial charge >= 0.3 is 0 Å². The van der Waals surface area contributed by atoms with Crippen LogP contribution in [0.15, 0.2) is 84.0 Å². The molecule has 1 amide bonds. The van der Waals surface area contributed by atoms with Crippen molar-refractivity contribution in [2.45, 2.75) is 20.0 Å². The largest absolute Gasteiger partial charge is 0.489 e. The molecule has 0 bridgehead atoms. The van der Waals surface area contributed by atoms with Crippen molar-refractivity contribution in [2.24, 2.45) is 5.10 Å². The van der Waals surface area contributed by atoms with E-state index < -0.39 is 0 Å². The van der Waals surface area contributed by atoms with Gasteiger partial charge in [0.2, 0.25) is 5.91 Å². The predicted octanol–water partition coefficient (Wildman–Crippen LogP) is 4.27. The minimum Gasteiger partial charge on any atom is -0.489 e. The first-order valence-electron chi connectivity index (χ1n) is 8.83. The lowest BCUT2D eigenvalue weighted by atomic mass is 10.1. The Balaban J connectivity index is 1.51. The van der Waals surface area contributed by atoms with Gasteiger partial charge in [-0.3, -0.25) is 4.79 Å². The molecule has 136 valence electrons. The summed E-state index contributed by atoms with van der Waals surface area (Å²) >= 11 is 0. The first kappa shape index (κ1) is 18.4. The van der Waals surface area contributed by atoms with Gasteiger partial charge in [0.25, 0.3) is 0 Å². The van der Waals surface area contributed by atoms with Gasteiger partial charge in [-0.1, -0.05) is 72.3 Å². The molecule has 0 saturated heterocycles. The van der Waals surface area contributed by atoms with Crippen LogP contribution in [0.2, 0.25) is 0 Å². The molecule has 0 unspecified atom stereocenters. The fourth-order valence-corrected chi connectivity index (χ4v) is 2.54. The summed E-state index contributed by atoms with van der Waals surface area (Å²) in [6.45, 7) is 2.53. The smallest absolute Gasteiger partial charge is 0.244 e. The van der Waals surface area contributed by atoms with Crippen molar-refractivity contribution in [2.75, 3.05) is 0 Å². The number of benzene rings is 3. The molecule has 0 saturated carbocycles. The summed E-state index contributed by atoms with van der Waals surface area (Å²) in [6, 6.07) is 25.5. The molecule has 0 heterocycles. The summed E-state index contributed by atoms with van der Waals surface area (Å²) in [4.78, 5) is 12.0. The van der Waals surface area contributed by atoms with E-state index in [9.17, 15) is 4.79 Å². The van der Waals surface area contributed by atoms with Crippen LogP contribution in [0.4, 0.5) is 0 Å². The third kappa shape index (κ3) is 6.12. The van der Waals surface area contributed by atoms with Gasteiger partial charge in [0.15, 0.2) is 0 Å². The maximum absolute atomic E-state index is 12.0. The lowest BCUT2D eigenvalue weighted by Crippen LogP contribution is -2.19. The Bertz CT molecular complexity index is 903. The third-order valence-electron chi connectivity index (χ3n) is 3.99. The Labute approximate surface area is 159 Å². The lowest BCUT2D eigenvalue weighted by molar-refractivity contribution is -0.120. The molecule has 3 aromatic rings. The van der Waals surface area contributed by atoms with E-state index in [2.05, 4.69) is 10.5 Å². The van der Waals surface area contributed by atoms with Crippen LogP contribution in [0.25, 0.3) is 0 Å². The van der Waals surface area contributed by atoms with Crippen LogP contribution in [-0.2, 0) is 17.8 Å². The molecule has 0 spiro atoms. The second kappa shape index (κ2) is 9.34. The van der Waals surface area contributed by atoms with Crippen LogP contribution in [0.5, 0.6) is 5.75 Å². The van der Waals surface area contributed by atoms with Crippen LogP contribution in [0.3, 0.4) is 0 Å². The molecule has 27 heavy (non-hydrogen) atoms. The molecule has 0 radical (unpaired) electrons. The van der Waals surface area contributed by atoms with E-state index in [0.717, 1.165) is 22.4 Å². The number of nitrogens with one attached hydrogen (secondary N) is 1. The number of hydrogen-bond acceptors (Lipinski definition) is 3. The van der Waals surface area contributed by atoms with Gasteiger partial charge in [-0.2, -0.15) is 5.10 Å². The molecule has 1 N–H and O–H groups in total. The number of hydrogen-bond donors (Lipinski definition) is 1. The van der Waals surface area contributed by atoms with Crippen molar-refractivity contribution in [1.82, 2.24) is 5.43 Å². The highest BCUT2D eigenvalue weighted by molar-refractivity contribution is 5.83. The SMILES string of the molecule is Cc1ccc(CC(=O)N/N=C\c2cccc(OCc3ccccc3)c2)cc1. The third-order valence-corrected chi connectivity index (χ3v) is 3.99. The molecule has 0 atom stereocenters. The average molecular weight is 358 g/mol. The number of aryl methyl sites for hydroxylation is 1. The summed E-state index contributed by atoms with van der Waals surface area (Å²) < 4.78 is 5.80. The molecule has 0 aliphatic heterocycles. The minimum absolute atomic E-state index is 0.147. The molecule has 0 aliphatic carbocycles. The molecule has 0 aliphatic rings. The van der Waals surface area contributed by atoms with E-state index in [1.807, 2.05) is 85.8 Å². The molecular weight excluding hydrogens is 336 g/mol. The Morgan fingerprint density at radius 3 is 2.52 bits per heavy atom. The molecule has 3 aromatic carbocycles. The van der Waals surface area contributed by atoms with Crippen LogP contribution in [0, 0.1) is 6.92 Å². The Kier molecular flexibility index (Phi) is 6.36. The fourth-order valence-electron chi connectivity index (χ4n) is 2.54. The lowest BCUT2D eigenvalue weighted by Gasteiger charge is -2.06. The van der Waals surface area contributed by atoms with E-state index in [-0.39, 0.29) is 5.91 Å². The van der Waals surface area contributed by atoms with Gasteiger partial charge in [-0.15, -0.1) is 0 Å². The molecule has 4 nitrogen and oxygen atoms in total. The highest BCUT2D eigenvalue weighted by atomic mass is 16.5. The van der Waals surface area contributed by atoms with Crippen LogP contribution in [0.1, 0.15) is 22.3 Å². The molecule has 0 fully saturated rings. The second-order valence-electron chi connectivity index (χ2n) is 6.30. The Morgan fingerprint density at radius 1 is 0.963 bits per heavy atom. The standard InChI is InChI=1S/C23H22N2O2/c1-18-10-12-19(13-11-18)15-23(26)25-24-16-21-8-5-9-22(14-21)27-17-20-6-3-2-4-7-20/h2-14,16H,15,17H2,1H3,(H,25,26)/b24-16-. The molecule has 3 rings (SSSR count). The Hall–Kier alpha value is -3.40. The van der Waals surface area contributed by atoms with Gasteiger partial charge in [-0.25, -0.2) is 5.43 Å². The molecule has 4 heteroatoms. The topological polar surface area (TPSA) is 50.7 Å². The number of carbonyl (C=O) groups is 1. The minimum atomic E-state index is -0.147. The zero-order chi connectivity index (χ0) is 18.9. The van der Waals surface area contributed by atoms with E-state index >= 15 is 0 Å². The molecule has 0 aromatic heterocycles. The van der Waals surface area contributed by atoms with Crippen molar-refractivity contribution in [3.63, 3.8) is 0 Å². The number of ether oxygens (including phenoxy) is 1. The van der Waals surface area contributed by atoms with Gasteiger partial charge in [0, 0.05) is 0 Å². The first-order valence-corrected chi connectivity index (χ1v) is 8.83. The summed E-state index contributed by atoms with van der Waals surface area (Å²) in [7, 11) is 0. The summed E-state index contributed by atoms with van der Waals surface area (Å²) in [5.41, 5.74) is 6.67. The predicted molar refractivity (Wildman–Crippen MR) is 108 cm³/mol. The second-order valence-corrected chi connectivity index (χ2v) is 6.30. The van der Waals surface area contributed by atoms with Crippen LogP contribution in [-0.4, -0.2) is 12.1 Å². The zero-order valence-electron chi connectivity index (χ0n) is 15.3. The number of nitrogens with zero attached hydrogens (tertiary/aromatic N) is 1. The van der Waals surface area contributed by atoms with Crippen molar-refractivity contribution in [3.8, 4) is 5.75 Å². The van der Waals surface area contributed by atoms with E-state index in [0.29, 0.717) is 13.0 Å². The number of hydrazone groups is 1. The highest BCUT2D eigenvalue weighted by Crippen LogP contribution is 2.14. The van der Waals surface area contributed by atoms with Crippen molar-refractivity contribution >= 4 is 12.1 Å². The monoisotopic (exact) mass is 358 g/mol. The quantitative estimate of drug-likeness (QED) is 0.507. The number of amides is 1. The van der Waals surface area contributed by atoms with Crippen molar-refractivity contribution in [1.29, 1.82) is 0 Å². The van der Waals surface area contributed by atoms with Crippen molar-refractivity contribution < 1.29 is 9.53 Å². The van der Waals surface area contributed by atoms with E-state index in [4.69, 9.17) is 4.74 Å². The van der Waals surface area contributed by atoms with Gasteiger partial charge in [-0.05, 0) is 35.7 Å². The maximum Gasteiger partial charge on any atom is 0.244 e. The highest BCUT2D eigenvalue weighted by Gasteiger charge is 2.02. The van der Waals surface area contributed by atoms with Gasteiger partial charge in [0.1, 0.15) is 12.4 Å². The number of rotatable bonds is 7. The molecular formula is C23H22N2O2. The average Bonchev–Trinajstić information content (AvgIpc) is 2.69. The van der Waals surface area contributed by atoms with Crippen LogP contribution < -0.4 is 10.2 Å². The van der Waals surface area contributed by atoms with E-state index in [1.54, 1.807) is 6.21 Å². The Morgan fingerprint density at radius 2 is 1.74 bits per heavy atom. The van der Waals surface area contributed by atoms with Crippen molar-refractivity contribution in [3.05, 3.63) is 101 Å².